The minimum atomic E-state index is -4.75. The van der Waals surface area contributed by atoms with E-state index in [4.69, 9.17) is 17.0 Å². The molecule has 0 aliphatic heterocycles. The third-order valence-corrected chi connectivity index (χ3v) is 95.1. The van der Waals surface area contributed by atoms with Crippen LogP contribution in [0.2, 0.25) is 26.2 Å². The molecule has 4 aromatic carbocycles. The molecule has 0 aromatic heterocycles. The van der Waals surface area contributed by atoms with Gasteiger partial charge in [0.1, 0.15) is 0 Å². The summed E-state index contributed by atoms with van der Waals surface area (Å²) >= 11 is -4.75. The van der Waals surface area contributed by atoms with E-state index in [1.165, 1.54) is 51.1 Å². The van der Waals surface area contributed by atoms with Crippen molar-refractivity contribution in [3.8, 4) is 22.3 Å². The Morgan fingerprint density at radius 1 is 0.600 bits per heavy atom. The normalized spacial score (nSPS) is 16.0. The summed E-state index contributed by atoms with van der Waals surface area (Å²) in [5.74, 6) is 0. The van der Waals surface area contributed by atoms with Crippen molar-refractivity contribution < 1.29 is 15.6 Å². The van der Waals surface area contributed by atoms with Gasteiger partial charge in [-0.2, -0.15) is 0 Å². The van der Waals surface area contributed by atoms with Gasteiger partial charge in [-0.25, -0.2) is 0 Å². The number of benzene rings is 4. The third-order valence-electron chi connectivity index (χ3n) is 8.75. The molecule has 0 nitrogen and oxygen atoms in total. The first-order valence-corrected chi connectivity index (χ1v) is 32.7. The SMILES string of the molecule is C[SiH]([Si](C)(C)C)[Zr]([Cl])([Cl])([c]1cccc2c1Cc1ccccc1-2)[c]1cccc2c1Cc1ccccc1-2. The predicted molar refractivity (Wildman–Crippen MR) is 157 cm³/mol. The topological polar surface area (TPSA) is 0 Å². The van der Waals surface area contributed by atoms with E-state index in [1.807, 2.05) is 0 Å². The zero-order chi connectivity index (χ0) is 24.6. The van der Waals surface area contributed by atoms with Gasteiger partial charge >= 0.3 is 221 Å². The van der Waals surface area contributed by atoms with Gasteiger partial charge in [0.15, 0.2) is 0 Å². The molecule has 0 fully saturated rings. The molecule has 177 valence electrons. The molecule has 6 rings (SSSR count). The number of rotatable bonds is 4. The second-order valence-electron chi connectivity index (χ2n) is 11.5. The van der Waals surface area contributed by atoms with Gasteiger partial charge in [-0.15, -0.1) is 0 Å². The van der Waals surface area contributed by atoms with E-state index < -0.39 is 28.6 Å². The van der Waals surface area contributed by atoms with Crippen LogP contribution in [0.4, 0.5) is 0 Å². The average Bonchev–Trinajstić information content (AvgIpc) is 3.41. The Kier molecular flexibility index (Phi) is 5.61. The Bertz CT molecular complexity index is 1400. The van der Waals surface area contributed by atoms with Gasteiger partial charge in [0.2, 0.25) is 0 Å². The predicted octanol–water partition coefficient (Wildman–Crippen LogP) is 7.55. The third kappa shape index (κ3) is 3.46. The van der Waals surface area contributed by atoms with Gasteiger partial charge in [-0.1, -0.05) is 0 Å². The van der Waals surface area contributed by atoms with E-state index in [2.05, 4.69) is 111 Å². The van der Waals surface area contributed by atoms with E-state index in [0.29, 0.717) is 0 Å². The van der Waals surface area contributed by atoms with Gasteiger partial charge in [-0.05, 0) is 0 Å². The Balaban J connectivity index is 1.67. The van der Waals surface area contributed by atoms with E-state index in [-0.39, 0.29) is 0 Å². The summed E-state index contributed by atoms with van der Waals surface area (Å²) in [6.45, 7) is 10.0. The number of halogens is 2. The van der Waals surface area contributed by atoms with Crippen molar-refractivity contribution in [1.29, 1.82) is 0 Å². The summed E-state index contributed by atoms with van der Waals surface area (Å²) in [4.78, 5) is 0. The van der Waals surface area contributed by atoms with Crippen LogP contribution in [-0.4, -0.2) is 13.0 Å². The summed E-state index contributed by atoms with van der Waals surface area (Å²) in [5, 5.41) is 0. The Labute approximate surface area is 218 Å². The molecule has 1 unspecified atom stereocenters. The van der Waals surface area contributed by atoms with Crippen molar-refractivity contribution in [2.45, 2.75) is 39.0 Å². The first-order valence-electron chi connectivity index (χ1n) is 12.6. The van der Waals surface area contributed by atoms with Gasteiger partial charge in [0, 0.05) is 0 Å². The summed E-state index contributed by atoms with van der Waals surface area (Å²) in [7, 11) is 15.2. The van der Waals surface area contributed by atoms with Crippen LogP contribution < -0.4 is 6.54 Å². The Hall–Kier alpha value is -1.22. The van der Waals surface area contributed by atoms with Crippen LogP contribution in [0.25, 0.3) is 22.3 Å². The zero-order valence-corrected chi connectivity index (χ0v) is 27.0. The maximum absolute atomic E-state index is 8.41. The standard InChI is InChI=1S/2C13H9.C4H13Si2.2ClH.Zr/c2*1-3-7-12-10(5-1)9-11-6-2-4-8-13(11)12;1-5-6(2,3)4;;;/h2*1-5,7-8H,9H2;5H,1-4H3;2*1H;/q;;;;;+2/p-2. The molecule has 4 aromatic rings. The van der Waals surface area contributed by atoms with Crippen molar-refractivity contribution in [2.75, 3.05) is 0 Å². The molecule has 1 atom stereocenters. The molecule has 0 spiro atoms. The van der Waals surface area contributed by atoms with E-state index in [1.54, 1.807) is 0 Å². The zero-order valence-electron chi connectivity index (χ0n) is 20.8. The second-order valence-corrected chi connectivity index (χ2v) is 65.7. The van der Waals surface area contributed by atoms with Crippen molar-refractivity contribution in [2.24, 2.45) is 0 Å². The van der Waals surface area contributed by atoms with Crippen LogP contribution in [0.1, 0.15) is 22.3 Å². The van der Waals surface area contributed by atoms with Crippen LogP contribution >= 0.6 is 17.0 Å². The molecule has 0 heterocycles. The van der Waals surface area contributed by atoms with Crippen LogP contribution in [0.15, 0.2) is 84.9 Å². The Morgan fingerprint density at radius 2 is 1.00 bits per heavy atom. The van der Waals surface area contributed by atoms with Crippen LogP contribution in [0.3, 0.4) is 0 Å². The molecule has 35 heavy (non-hydrogen) atoms. The molecule has 0 saturated heterocycles. The molecule has 0 N–H and O–H groups in total. The second kappa shape index (κ2) is 8.14. The first kappa shape index (κ1) is 24.1. The number of hydrogen-bond donors (Lipinski definition) is 0. The van der Waals surface area contributed by atoms with Crippen LogP contribution in [-0.2, 0) is 28.4 Å². The van der Waals surface area contributed by atoms with Gasteiger partial charge in [0.05, 0.1) is 0 Å². The van der Waals surface area contributed by atoms with E-state index in [9.17, 15) is 0 Å². The monoisotopic (exact) mass is 607 g/mol. The van der Waals surface area contributed by atoms with Gasteiger partial charge < -0.3 is 0 Å². The first-order chi connectivity index (χ1) is 16.6. The van der Waals surface area contributed by atoms with Crippen LogP contribution in [0, 0.1) is 0 Å². The summed E-state index contributed by atoms with van der Waals surface area (Å²) in [6.07, 6.45) is 1.88. The fraction of sp³-hybridized carbons (Fsp3) is 0.200. The fourth-order valence-electron chi connectivity index (χ4n) is 6.55. The van der Waals surface area contributed by atoms with Gasteiger partial charge in [0.25, 0.3) is 0 Å². The molecule has 0 bridgehead atoms. The van der Waals surface area contributed by atoms with Crippen LogP contribution in [0.5, 0.6) is 0 Å². The maximum atomic E-state index is 8.41. The fourth-order valence-corrected chi connectivity index (χ4v) is 108. The summed E-state index contributed by atoms with van der Waals surface area (Å²) in [5.41, 5.74) is 9.40. The van der Waals surface area contributed by atoms with Gasteiger partial charge in [-0.3, -0.25) is 0 Å². The molecule has 0 radical (unpaired) electrons. The molecule has 5 heteroatoms. The molecular weight excluding hydrogens is 579 g/mol. The number of fused-ring (bicyclic) bond motifs is 6. The van der Waals surface area contributed by atoms with Crippen molar-refractivity contribution in [3.05, 3.63) is 107 Å². The number of hydrogen-bond acceptors (Lipinski definition) is 0. The molecule has 2 aliphatic rings. The molecule has 0 amide bonds. The summed E-state index contributed by atoms with van der Waals surface area (Å²) < 4.78 is 2.66. The molecule has 0 saturated carbocycles. The molecule has 2 aliphatic carbocycles. The Morgan fingerprint density at radius 3 is 1.43 bits per heavy atom. The summed E-state index contributed by atoms with van der Waals surface area (Å²) in [6, 6.07) is 31.3. The quantitative estimate of drug-likeness (QED) is 0.181. The van der Waals surface area contributed by atoms with E-state index in [0.717, 1.165) is 12.8 Å². The van der Waals surface area contributed by atoms with Crippen molar-refractivity contribution in [3.63, 3.8) is 0 Å². The van der Waals surface area contributed by atoms with E-state index >= 15 is 0 Å². The molecular formula is C30H31Cl2Si2Zr. The van der Waals surface area contributed by atoms with Crippen molar-refractivity contribution in [1.82, 2.24) is 0 Å². The average molecular weight is 610 g/mol. The minimum absolute atomic E-state index is 0.938. The van der Waals surface area contributed by atoms with Crippen molar-refractivity contribution >= 4 is 36.6 Å².